The van der Waals surface area contributed by atoms with Gasteiger partial charge in [0.2, 0.25) is 0 Å². The summed E-state index contributed by atoms with van der Waals surface area (Å²) in [5.41, 5.74) is 3.18. The van der Waals surface area contributed by atoms with E-state index < -0.39 is 0 Å². The number of guanidine groups is 1. The summed E-state index contributed by atoms with van der Waals surface area (Å²) in [7, 11) is 1.79. The first kappa shape index (κ1) is 22.6. The molecule has 7 nitrogen and oxygen atoms in total. The van der Waals surface area contributed by atoms with Crippen molar-refractivity contribution in [1.82, 2.24) is 15.5 Å². The molecule has 2 heterocycles. The van der Waals surface area contributed by atoms with Crippen LogP contribution in [-0.2, 0) is 13.1 Å². The zero-order valence-electron chi connectivity index (χ0n) is 19.0. The SMILES string of the molecule is CN=C(NCc1ccc(NC(=O)c2ccco2)cc1)NCC1CCCN1Cc1ccccc1. The summed E-state index contributed by atoms with van der Waals surface area (Å²) in [6.45, 7) is 3.63. The Morgan fingerprint density at radius 1 is 1.03 bits per heavy atom. The molecule has 0 radical (unpaired) electrons. The van der Waals surface area contributed by atoms with Crippen LogP contribution in [0.5, 0.6) is 0 Å². The van der Waals surface area contributed by atoms with Gasteiger partial charge in [0.1, 0.15) is 0 Å². The first-order valence-corrected chi connectivity index (χ1v) is 11.4. The summed E-state index contributed by atoms with van der Waals surface area (Å²) in [5, 5.41) is 9.68. The van der Waals surface area contributed by atoms with Crippen molar-refractivity contribution in [3.05, 3.63) is 89.9 Å². The molecule has 1 aliphatic heterocycles. The van der Waals surface area contributed by atoms with Crippen molar-refractivity contribution < 1.29 is 9.21 Å². The van der Waals surface area contributed by atoms with Gasteiger partial charge in [-0.3, -0.25) is 14.7 Å². The molecule has 3 N–H and O–H groups in total. The zero-order valence-corrected chi connectivity index (χ0v) is 19.0. The van der Waals surface area contributed by atoms with Crippen LogP contribution >= 0.6 is 0 Å². The van der Waals surface area contributed by atoms with E-state index in [4.69, 9.17) is 4.42 Å². The molecule has 172 valence electrons. The summed E-state index contributed by atoms with van der Waals surface area (Å²) in [6, 6.07) is 22.2. The minimum Gasteiger partial charge on any atom is -0.459 e. The average molecular weight is 446 g/mol. The van der Waals surface area contributed by atoms with Crippen LogP contribution in [0, 0.1) is 0 Å². The van der Waals surface area contributed by atoms with Crippen molar-refractivity contribution >= 4 is 17.6 Å². The van der Waals surface area contributed by atoms with Crippen LogP contribution in [-0.4, -0.2) is 42.9 Å². The van der Waals surface area contributed by atoms with Gasteiger partial charge in [-0.2, -0.15) is 0 Å². The summed E-state index contributed by atoms with van der Waals surface area (Å²) in [5.74, 6) is 0.820. The second-order valence-corrected chi connectivity index (χ2v) is 8.19. The lowest BCUT2D eigenvalue weighted by molar-refractivity contribution is 0.0996. The maximum atomic E-state index is 12.1. The monoisotopic (exact) mass is 445 g/mol. The Morgan fingerprint density at radius 3 is 2.58 bits per heavy atom. The molecule has 1 saturated heterocycles. The topological polar surface area (TPSA) is 81.9 Å². The third kappa shape index (κ3) is 6.46. The number of amides is 1. The van der Waals surface area contributed by atoms with E-state index >= 15 is 0 Å². The number of nitrogens with one attached hydrogen (secondary N) is 3. The molecule has 3 aromatic rings. The van der Waals surface area contributed by atoms with Crippen LogP contribution in [0.4, 0.5) is 5.69 Å². The summed E-state index contributed by atoms with van der Waals surface area (Å²) >= 11 is 0. The quantitative estimate of drug-likeness (QED) is 0.362. The molecule has 0 aliphatic carbocycles. The van der Waals surface area contributed by atoms with Gasteiger partial charge in [-0.05, 0) is 54.8 Å². The minimum absolute atomic E-state index is 0.260. The van der Waals surface area contributed by atoms with Crippen LogP contribution in [0.15, 0.2) is 82.4 Å². The van der Waals surface area contributed by atoms with Crippen LogP contribution in [0.2, 0.25) is 0 Å². The number of likely N-dealkylation sites (tertiary alicyclic amines) is 1. The normalized spacial score (nSPS) is 16.5. The van der Waals surface area contributed by atoms with Gasteiger partial charge in [0.15, 0.2) is 11.7 Å². The fourth-order valence-electron chi connectivity index (χ4n) is 4.08. The Balaban J connectivity index is 1.22. The maximum absolute atomic E-state index is 12.1. The van der Waals surface area contributed by atoms with Crippen molar-refractivity contribution in [2.75, 3.05) is 25.5 Å². The highest BCUT2D eigenvalue weighted by Crippen LogP contribution is 2.19. The van der Waals surface area contributed by atoms with Gasteiger partial charge >= 0.3 is 0 Å². The predicted octanol–water partition coefficient (Wildman–Crippen LogP) is 3.86. The van der Waals surface area contributed by atoms with Crippen molar-refractivity contribution in [2.24, 2.45) is 4.99 Å². The lowest BCUT2D eigenvalue weighted by Crippen LogP contribution is -2.44. The van der Waals surface area contributed by atoms with Gasteiger partial charge in [0.25, 0.3) is 5.91 Å². The second-order valence-electron chi connectivity index (χ2n) is 8.19. The lowest BCUT2D eigenvalue weighted by Gasteiger charge is -2.25. The molecule has 1 aromatic heterocycles. The van der Waals surface area contributed by atoms with Crippen LogP contribution < -0.4 is 16.0 Å². The molecule has 1 unspecified atom stereocenters. The molecule has 4 rings (SSSR count). The first-order valence-electron chi connectivity index (χ1n) is 11.4. The van der Waals surface area contributed by atoms with Gasteiger partial charge < -0.3 is 20.4 Å². The Morgan fingerprint density at radius 2 is 1.85 bits per heavy atom. The third-order valence-corrected chi connectivity index (χ3v) is 5.87. The standard InChI is InChI=1S/C26H31N5O2/c1-27-26(29-18-23-9-5-15-31(23)19-21-7-3-2-4-8-21)28-17-20-11-13-22(14-12-20)30-25(32)24-10-6-16-33-24/h2-4,6-8,10-14,16,23H,5,9,15,17-19H2,1H3,(H,30,32)(H2,27,28,29). The molecule has 1 atom stereocenters. The molecule has 0 spiro atoms. The Bertz CT molecular complexity index is 1030. The molecule has 0 saturated carbocycles. The average Bonchev–Trinajstić information content (AvgIpc) is 3.54. The number of nitrogens with zero attached hydrogens (tertiary/aromatic N) is 2. The van der Waals surface area contributed by atoms with Crippen molar-refractivity contribution in [3.63, 3.8) is 0 Å². The highest BCUT2D eigenvalue weighted by Gasteiger charge is 2.24. The van der Waals surface area contributed by atoms with Gasteiger partial charge in [-0.1, -0.05) is 42.5 Å². The number of anilines is 1. The molecule has 7 heteroatoms. The molecular weight excluding hydrogens is 414 g/mol. The number of rotatable bonds is 8. The molecule has 1 amide bonds. The van der Waals surface area contributed by atoms with Crippen LogP contribution in [0.25, 0.3) is 0 Å². The van der Waals surface area contributed by atoms with Gasteiger partial charge in [-0.25, -0.2) is 0 Å². The van der Waals surface area contributed by atoms with E-state index in [-0.39, 0.29) is 5.91 Å². The van der Waals surface area contributed by atoms with Crippen molar-refractivity contribution in [3.8, 4) is 0 Å². The van der Waals surface area contributed by atoms with Crippen molar-refractivity contribution in [2.45, 2.75) is 32.0 Å². The van der Waals surface area contributed by atoms with Crippen LogP contribution in [0.3, 0.4) is 0 Å². The number of aliphatic imine (C=N–C) groups is 1. The number of carbonyl (C=O) groups excluding carboxylic acids is 1. The van der Waals surface area contributed by atoms with Crippen LogP contribution in [0.1, 0.15) is 34.5 Å². The van der Waals surface area contributed by atoms with E-state index in [1.54, 1.807) is 19.2 Å². The van der Waals surface area contributed by atoms with E-state index in [1.165, 1.54) is 24.7 Å². The lowest BCUT2D eigenvalue weighted by atomic mass is 10.2. The highest BCUT2D eigenvalue weighted by molar-refractivity contribution is 6.02. The number of benzene rings is 2. The van der Waals surface area contributed by atoms with E-state index in [1.807, 2.05) is 24.3 Å². The molecule has 33 heavy (non-hydrogen) atoms. The molecule has 1 fully saturated rings. The molecular formula is C26H31N5O2. The van der Waals surface area contributed by atoms with E-state index in [2.05, 4.69) is 56.2 Å². The fraction of sp³-hybridized carbons (Fsp3) is 0.308. The maximum Gasteiger partial charge on any atom is 0.291 e. The summed E-state index contributed by atoms with van der Waals surface area (Å²) < 4.78 is 5.12. The Kier molecular flexibility index (Phi) is 7.76. The molecule has 1 aliphatic rings. The minimum atomic E-state index is -0.260. The van der Waals surface area contributed by atoms with Gasteiger partial charge in [0.05, 0.1) is 6.26 Å². The number of hydrogen-bond donors (Lipinski definition) is 3. The van der Waals surface area contributed by atoms with Gasteiger partial charge in [-0.15, -0.1) is 0 Å². The zero-order chi connectivity index (χ0) is 22.9. The van der Waals surface area contributed by atoms with E-state index in [0.29, 0.717) is 18.3 Å². The number of hydrogen-bond acceptors (Lipinski definition) is 4. The van der Waals surface area contributed by atoms with E-state index in [9.17, 15) is 4.79 Å². The number of carbonyl (C=O) groups is 1. The third-order valence-electron chi connectivity index (χ3n) is 5.87. The fourth-order valence-corrected chi connectivity index (χ4v) is 4.08. The second kappa shape index (κ2) is 11.3. The Hall–Kier alpha value is -3.58. The molecule has 0 bridgehead atoms. The predicted molar refractivity (Wildman–Crippen MR) is 131 cm³/mol. The summed E-state index contributed by atoms with van der Waals surface area (Å²) in [6.07, 6.45) is 3.91. The van der Waals surface area contributed by atoms with Crippen molar-refractivity contribution in [1.29, 1.82) is 0 Å². The highest BCUT2D eigenvalue weighted by atomic mass is 16.3. The van der Waals surface area contributed by atoms with Gasteiger partial charge in [0, 0.05) is 38.4 Å². The molecule has 2 aromatic carbocycles. The smallest absolute Gasteiger partial charge is 0.291 e. The first-order chi connectivity index (χ1) is 16.2. The summed E-state index contributed by atoms with van der Waals surface area (Å²) in [4.78, 5) is 19.0. The number of furan rings is 1. The Labute approximate surface area is 194 Å². The largest absolute Gasteiger partial charge is 0.459 e. The van der Waals surface area contributed by atoms with E-state index in [0.717, 1.165) is 36.8 Å².